The Morgan fingerprint density at radius 1 is 0.907 bits per heavy atom. The topological polar surface area (TPSA) is 191 Å². The molecule has 0 bridgehead atoms. The highest BCUT2D eigenvalue weighted by Crippen LogP contribution is 2.19. The number of carbonyl (C=O) groups is 5. The Hall–Kier alpha value is -5.00. The largest absolute Gasteiger partial charge is 0.508 e. The first kappa shape index (κ1) is 32.5. The predicted octanol–water partition coefficient (Wildman–Crippen LogP) is 2.08. The van der Waals surface area contributed by atoms with Crippen LogP contribution in [-0.4, -0.2) is 70.0 Å². The molecule has 1 aromatic heterocycles. The van der Waals surface area contributed by atoms with Gasteiger partial charge >= 0.3 is 5.97 Å². The molecule has 3 aromatic rings. The van der Waals surface area contributed by atoms with Crippen molar-refractivity contribution < 1.29 is 33.8 Å². The molecule has 2 aromatic carbocycles. The molecule has 3 rings (SSSR count). The maximum Gasteiger partial charge on any atom is 0.329 e. The molecule has 0 radical (unpaired) electrons. The fraction of sp³-hybridized carbons (Fsp3) is 0.355. The number of hydrogen-bond donors (Lipinski definition) is 6. The summed E-state index contributed by atoms with van der Waals surface area (Å²) in [5.74, 6) is -3.08. The highest BCUT2D eigenvalue weighted by Gasteiger charge is 2.31. The number of phenolic OH excluding ortho intramolecular Hbond substituents is 1. The molecule has 0 saturated carbocycles. The summed E-state index contributed by atoms with van der Waals surface area (Å²) in [6.07, 6.45) is 1.69. The third-order valence-corrected chi connectivity index (χ3v) is 6.60. The number of ketones is 1. The number of aromatic nitrogens is 1. The van der Waals surface area contributed by atoms with E-state index in [9.17, 15) is 29.1 Å². The van der Waals surface area contributed by atoms with Crippen LogP contribution >= 0.6 is 0 Å². The van der Waals surface area contributed by atoms with Gasteiger partial charge in [0.2, 0.25) is 17.7 Å². The SMILES string of the molecule is CC(=O)N[C@@H](Cc1c[nH]c2ccccc12)C(=O)N[C@@H](CCC(=O)C=N)C(=O)N[C@@H](Cc1ccc(O)cc1)C(=O)OC(C)C. The summed E-state index contributed by atoms with van der Waals surface area (Å²) in [5, 5.41) is 25.6. The zero-order valence-electron chi connectivity index (χ0n) is 24.3. The van der Waals surface area contributed by atoms with Crippen LogP contribution in [0, 0.1) is 5.41 Å². The minimum atomic E-state index is -1.27. The number of aromatic amines is 1. The summed E-state index contributed by atoms with van der Waals surface area (Å²) >= 11 is 0. The van der Waals surface area contributed by atoms with Gasteiger partial charge in [0.15, 0.2) is 5.78 Å². The second-order valence-corrected chi connectivity index (χ2v) is 10.4. The Labute approximate surface area is 249 Å². The van der Waals surface area contributed by atoms with E-state index < -0.39 is 53.7 Å². The van der Waals surface area contributed by atoms with E-state index in [1.54, 1.807) is 32.2 Å². The molecule has 0 fully saturated rings. The van der Waals surface area contributed by atoms with Crippen LogP contribution in [0.2, 0.25) is 0 Å². The van der Waals surface area contributed by atoms with Crippen LogP contribution in [0.3, 0.4) is 0 Å². The third-order valence-electron chi connectivity index (χ3n) is 6.60. The maximum atomic E-state index is 13.5. The zero-order chi connectivity index (χ0) is 31.5. The molecule has 3 atom stereocenters. The fourth-order valence-electron chi connectivity index (χ4n) is 4.52. The van der Waals surface area contributed by atoms with Crippen LogP contribution < -0.4 is 16.0 Å². The van der Waals surface area contributed by atoms with Gasteiger partial charge in [0.1, 0.15) is 23.9 Å². The van der Waals surface area contributed by atoms with Gasteiger partial charge in [-0.25, -0.2) is 4.79 Å². The average molecular weight is 592 g/mol. The minimum Gasteiger partial charge on any atom is -0.508 e. The lowest BCUT2D eigenvalue weighted by atomic mass is 10.0. The molecule has 12 heteroatoms. The molecule has 6 N–H and O–H groups in total. The molecule has 228 valence electrons. The molecule has 0 aliphatic carbocycles. The number of benzene rings is 2. The lowest BCUT2D eigenvalue weighted by molar-refractivity contribution is -0.151. The highest BCUT2D eigenvalue weighted by molar-refractivity contribution is 6.26. The van der Waals surface area contributed by atoms with Crippen LogP contribution in [0.5, 0.6) is 5.75 Å². The quantitative estimate of drug-likeness (QED) is 0.115. The Kier molecular flexibility index (Phi) is 11.6. The molecule has 12 nitrogen and oxygen atoms in total. The van der Waals surface area contributed by atoms with Crippen LogP contribution in [-0.2, 0) is 41.6 Å². The molecule has 0 aliphatic rings. The van der Waals surface area contributed by atoms with Crippen molar-refractivity contribution in [1.29, 1.82) is 5.41 Å². The molecule has 43 heavy (non-hydrogen) atoms. The first-order valence-electron chi connectivity index (χ1n) is 13.9. The predicted molar refractivity (Wildman–Crippen MR) is 160 cm³/mol. The number of phenols is 1. The summed E-state index contributed by atoms with van der Waals surface area (Å²) in [4.78, 5) is 67.0. The van der Waals surface area contributed by atoms with Gasteiger partial charge in [0.25, 0.3) is 0 Å². The van der Waals surface area contributed by atoms with E-state index in [0.29, 0.717) is 11.8 Å². The van der Waals surface area contributed by atoms with Gasteiger partial charge in [0, 0.05) is 43.3 Å². The summed E-state index contributed by atoms with van der Waals surface area (Å²) < 4.78 is 5.34. The number of hydrogen-bond acceptors (Lipinski definition) is 8. The van der Waals surface area contributed by atoms with Crippen molar-refractivity contribution in [3.63, 3.8) is 0 Å². The smallest absolute Gasteiger partial charge is 0.329 e. The van der Waals surface area contributed by atoms with E-state index in [4.69, 9.17) is 10.1 Å². The number of rotatable bonds is 15. The van der Waals surface area contributed by atoms with E-state index >= 15 is 0 Å². The summed E-state index contributed by atoms with van der Waals surface area (Å²) in [5.41, 5.74) is 2.26. The summed E-state index contributed by atoms with van der Waals surface area (Å²) in [6.45, 7) is 4.61. The average Bonchev–Trinajstić information content (AvgIpc) is 3.37. The van der Waals surface area contributed by atoms with Crippen molar-refractivity contribution in [3.8, 4) is 5.75 Å². The summed E-state index contributed by atoms with van der Waals surface area (Å²) in [7, 11) is 0. The third kappa shape index (κ3) is 9.80. The maximum absolute atomic E-state index is 13.5. The number of para-hydroxylation sites is 1. The highest BCUT2D eigenvalue weighted by atomic mass is 16.5. The number of esters is 1. The van der Waals surface area contributed by atoms with E-state index in [1.807, 2.05) is 24.3 Å². The standard InChI is InChI=1S/C31H37N5O7/c1-18(2)43-31(42)28(14-20-8-10-22(38)11-9-20)36-29(40)26(13-12-23(39)16-32)35-30(41)27(34-19(3)37)15-21-17-33-25-7-5-4-6-24(21)25/h4-11,16-18,26-28,32-33,38H,12-15H2,1-3H3,(H,34,37)(H,35,41)(H,36,40)/t26-,27-,28-/m0/s1. The van der Waals surface area contributed by atoms with Crippen molar-refractivity contribution in [3.05, 3.63) is 65.9 Å². The number of Topliss-reactive ketones (excluding diaryl/α,β-unsaturated/α-hetero) is 1. The monoisotopic (exact) mass is 591 g/mol. The zero-order valence-corrected chi connectivity index (χ0v) is 24.3. The molecule has 0 spiro atoms. The summed E-state index contributed by atoms with van der Waals surface area (Å²) in [6, 6.07) is 10.1. The van der Waals surface area contributed by atoms with Gasteiger partial charge in [-0.3, -0.25) is 19.2 Å². The van der Waals surface area contributed by atoms with Gasteiger partial charge in [0.05, 0.1) is 12.3 Å². The van der Waals surface area contributed by atoms with Crippen molar-refractivity contribution in [1.82, 2.24) is 20.9 Å². The van der Waals surface area contributed by atoms with Crippen molar-refractivity contribution in [2.45, 2.75) is 70.7 Å². The fourth-order valence-corrected chi connectivity index (χ4v) is 4.52. The number of aromatic hydroxyl groups is 1. The van der Waals surface area contributed by atoms with Crippen LogP contribution in [0.1, 0.15) is 44.7 Å². The Bertz CT molecular complexity index is 1460. The minimum absolute atomic E-state index is 0.0345. The first-order chi connectivity index (χ1) is 20.5. The van der Waals surface area contributed by atoms with Gasteiger partial charge in [-0.15, -0.1) is 0 Å². The van der Waals surface area contributed by atoms with Crippen molar-refractivity contribution in [2.75, 3.05) is 0 Å². The van der Waals surface area contributed by atoms with Crippen LogP contribution in [0.25, 0.3) is 10.9 Å². The van der Waals surface area contributed by atoms with Gasteiger partial charge in [-0.1, -0.05) is 30.3 Å². The van der Waals surface area contributed by atoms with Crippen LogP contribution in [0.15, 0.2) is 54.7 Å². The van der Waals surface area contributed by atoms with Crippen LogP contribution in [0.4, 0.5) is 0 Å². The van der Waals surface area contributed by atoms with E-state index in [2.05, 4.69) is 20.9 Å². The second kappa shape index (κ2) is 15.3. The number of fused-ring (bicyclic) bond motifs is 1. The molecule has 0 unspecified atom stereocenters. The van der Waals surface area contributed by atoms with E-state index in [0.717, 1.165) is 16.5 Å². The molecule has 3 amide bonds. The van der Waals surface area contributed by atoms with Crippen molar-refractivity contribution in [2.24, 2.45) is 0 Å². The molecule has 0 saturated heterocycles. The molecule has 1 heterocycles. The first-order valence-corrected chi connectivity index (χ1v) is 13.9. The van der Waals surface area contributed by atoms with Gasteiger partial charge in [-0.2, -0.15) is 0 Å². The Morgan fingerprint density at radius 3 is 2.21 bits per heavy atom. The number of amides is 3. The lowest BCUT2D eigenvalue weighted by Crippen LogP contribution is -2.56. The molecule has 0 aliphatic heterocycles. The second-order valence-electron chi connectivity index (χ2n) is 10.4. The van der Waals surface area contributed by atoms with Gasteiger partial charge < -0.3 is 36.2 Å². The number of ether oxygens (including phenoxy) is 1. The normalized spacial score (nSPS) is 13.0. The molecular formula is C31H37N5O7. The van der Waals surface area contributed by atoms with E-state index in [1.165, 1.54) is 19.1 Å². The van der Waals surface area contributed by atoms with E-state index in [-0.39, 0.29) is 31.4 Å². The number of nitrogens with one attached hydrogen (secondary N) is 5. The Balaban J connectivity index is 1.84. The number of H-pyrrole nitrogens is 1. The lowest BCUT2D eigenvalue weighted by Gasteiger charge is -2.25. The van der Waals surface area contributed by atoms with Crippen molar-refractivity contribution >= 4 is 46.6 Å². The Morgan fingerprint density at radius 2 is 1.56 bits per heavy atom. The molecular weight excluding hydrogens is 554 g/mol. The number of carbonyl (C=O) groups excluding carboxylic acids is 5. The van der Waals surface area contributed by atoms with Gasteiger partial charge in [-0.05, 0) is 49.6 Å².